The van der Waals surface area contributed by atoms with Gasteiger partial charge in [-0.2, -0.15) is 0 Å². The van der Waals surface area contributed by atoms with E-state index in [1.807, 2.05) is 19.9 Å². The highest BCUT2D eigenvalue weighted by Gasteiger charge is 2.18. The zero-order valence-corrected chi connectivity index (χ0v) is 10.1. The second-order valence-electron chi connectivity index (χ2n) is 5.58. The molecule has 0 heterocycles. The van der Waals surface area contributed by atoms with Crippen molar-refractivity contribution in [1.29, 1.82) is 0 Å². The summed E-state index contributed by atoms with van der Waals surface area (Å²) in [5.74, 6) is -0.0841. The molecule has 1 nitrogen and oxygen atoms in total. The molecular formula is C14H20FN. The fourth-order valence-electron chi connectivity index (χ4n) is 2.43. The molecule has 0 fully saturated rings. The SMILES string of the molecule is CC(C)(N)Cc1cc2c(cc1F)CCCC2. The summed E-state index contributed by atoms with van der Waals surface area (Å²) in [4.78, 5) is 0. The Labute approximate surface area is 96.9 Å². The van der Waals surface area contributed by atoms with Crippen LogP contribution in [0.25, 0.3) is 0 Å². The molecule has 2 rings (SSSR count). The van der Waals surface area contributed by atoms with Crippen molar-refractivity contribution >= 4 is 0 Å². The van der Waals surface area contributed by atoms with Gasteiger partial charge in [-0.05, 0) is 68.7 Å². The van der Waals surface area contributed by atoms with Crippen LogP contribution in [0.1, 0.15) is 43.4 Å². The molecular weight excluding hydrogens is 201 g/mol. The highest BCUT2D eigenvalue weighted by atomic mass is 19.1. The van der Waals surface area contributed by atoms with Gasteiger partial charge in [-0.25, -0.2) is 4.39 Å². The molecule has 0 amide bonds. The van der Waals surface area contributed by atoms with E-state index in [4.69, 9.17) is 5.73 Å². The zero-order chi connectivity index (χ0) is 11.8. The van der Waals surface area contributed by atoms with Gasteiger partial charge in [0.15, 0.2) is 0 Å². The number of nitrogens with two attached hydrogens (primary N) is 1. The Morgan fingerprint density at radius 3 is 2.31 bits per heavy atom. The highest BCUT2D eigenvalue weighted by molar-refractivity contribution is 5.35. The van der Waals surface area contributed by atoms with Crippen molar-refractivity contribution in [2.24, 2.45) is 5.73 Å². The van der Waals surface area contributed by atoms with Crippen LogP contribution < -0.4 is 5.73 Å². The van der Waals surface area contributed by atoms with Crippen LogP contribution in [-0.4, -0.2) is 5.54 Å². The average molecular weight is 221 g/mol. The molecule has 1 aliphatic carbocycles. The molecule has 0 aromatic heterocycles. The summed E-state index contributed by atoms with van der Waals surface area (Å²) in [6.07, 6.45) is 5.14. The molecule has 0 saturated heterocycles. The number of halogens is 1. The van der Waals surface area contributed by atoms with Crippen LogP contribution in [0.5, 0.6) is 0 Å². The van der Waals surface area contributed by atoms with E-state index in [0.29, 0.717) is 6.42 Å². The van der Waals surface area contributed by atoms with Gasteiger partial charge in [0.2, 0.25) is 0 Å². The van der Waals surface area contributed by atoms with Gasteiger partial charge in [0.05, 0.1) is 0 Å². The molecule has 1 aliphatic rings. The summed E-state index contributed by atoms with van der Waals surface area (Å²) in [6.45, 7) is 3.87. The average Bonchev–Trinajstić information content (AvgIpc) is 2.17. The number of hydrogen-bond acceptors (Lipinski definition) is 1. The Morgan fingerprint density at radius 2 is 1.75 bits per heavy atom. The number of benzene rings is 1. The fourth-order valence-corrected chi connectivity index (χ4v) is 2.43. The minimum absolute atomic E-state index is 0.0841. The van der Waals surface area contributed by atoms with Crippen molar-refractivity contribution in [1.82, 2.24) is 0 Å². The standard InChI is InChI=1S/C14H20FN/c1-14(2,16)9-12-7-10-5-3-4-6-11(10)8-13(12)15/h7-8H,3-6,9,16H2,1-2H3. The Morgan fingerprint density at radius 1 is 1.19 bits per heavy atom. The van der Waals surface area contributed by atoms with Crippen LogP contribution >= 0.6 is 0 Å². The minimum atomic E-state index is -0.344. The molecule has 0 unspecified atom stereocenters. The summed E-state index contributed by atoms with van der Waals surface area (Å²) in [6, 6.07) is 3.74. The van der Waals surface area contributed by atoms with Crippen molar-refractivity contribution in [3.63, 3.8) is 0 Å². The smallest absolute Gasteiger partial charge is 0.126 e. The lowest BCUT2D eigenvalue weighted by atomic mass is 9.87. The maximum absolute atomic E-state index is 13.9. The Balaban J connectivity index is 2.32. The van der Waals surface area contributed by atoms with Crippen molar-refractivity contribution in [2.45, 2.75) is 51.5 Å². The van der Waals surface area contributed by atoms with E-state index in [0.717, 1.165) is 18.4 Å². The van der Waals surface area contributed by atoms with Crippen molar-refractivity contribution < 1.29 is 4.39 Å². The molecule has 0 radical (unpaired) electrons. The quantitative estimate of drug-likeness (QED) is 0.816. The first-order valence-corrected chi connectivity index (χ1v) is 6.05. The van der Waals surface area contributed by atoms with Gasteiger partial charge in [-0.1, -0.05) is 6.07 Å². The van der Waals surface area contributed by atoms with Gasteiger partial charge in [-0.15, -0.1) is 0 Å². The summed E-state index contributed by atoms with van der Waals surface area (Å²) >= 11 is 0. The number of aryl methyl sites for hydroxylation is 2. The lowest BCUT2D eigenvalue weighted by Crippen LogP contribution is -2.34. The summed E-state index contributed by atoms with van der Waals surface area (Å²) in [5.41, 5.74) is 8.90. The Hall–Kier alpha value is -0.890. The third-order valence-corrected chi connectivity index (χ3v) is 3.16. The Kier molecular flexibility index (Phi) is 3.02. The Bertz CT molecular complexity index is 390. The molecule has 2 heteroatoms. The lowest BCUT2D eigenvalue weighted by Gasteiger charge is -2.22. The maximum atomic E-state index is 13.9. The first kappa shape index (κ1) is 11.6. The number of hydrogen-bond donors (Lipinski definition) is 1. The molecule has 0 saturated carbocycles. The summed E-state index contributed by atoms with van der Waals surface area (Å²) in [7, 11) is 0. The molecule has 88 valence electrons. The first-order valence-electron chi connectivity index (χ1n) is 6.05. The van der Waals surface area contributed by atoms with E-state index in [9.17, 15) is 4.39 Å². The molecule has 0 atom stereocenters. The minimum Gasteiger partial charge on any atom is -0.325 e. The molecule has 2 N–H and O–H groups in total. The molecule has 1 aromatic carbocycles. The van der Waals surface area contributed by atoms with E-state index in [-0.39, 0.29) is 11.4 Å². The third kappa shape index (κ3) is 2.62. The summed E-state index contributed by atoms with van der Waals surface area (Å²) in [5, 5.41) is 0. The van der Waals surface area contributed by atoms with Gasteiger partial charge >= 0.3 is 0 Å². The third-order valence-electron chi connectivity index (χ3n) is 3.16. The van der Waals surface area contributed by atoms with Crippen LogP contribution in [0.15, 0.2) is 12.1 Å². The van der Waals surface area contributed by atoms with Crippen LogP contribution in [-0.2, 0) is 19.3 Å². The monoisotopic (exact) mass is 221 g/mol. The number of rotatable bonds is 2. The molecule has 0 bridgehead atoms. The van der Waals surface area contributed by atoms with E-state index < -0.39 is 0 Å². The van der Waals surface area contributed by atoms with Gasteiger partial charge in [0.1, 0.15) is 5.82 Å². The van der Waals surface area contributed by atoms with Gasteiger partial charge in [0.25, 0.3) is 0 Å². The van der Waals surface area contributed by atoms with Crippen LogP contribution in [0.2, 0.25) is 0 Å². The molecule has 16 heavy (non-hydrogen) atoms. The number of fused-ring (bicyclic) bond motifs is 1. The lowest BCUT2D eigenvalue weighted by molar-refractivity contribution is 0.495. The second kappa shape index (κ2) is 4.17. The molecule has 1 aromatic rings. The predicted octanol–water partition coefficient (Wildman–Crippen LogP) is 2.98. The van der Waals surface area contributed by atoms with Crippen molar-refractivity contribution in [3.8, 4) is 0 Å². The van der Waals surface area contributed by atoms with E-state index in [2.05, 4.69) is 0 Å². The highest BCUT2D eigenvalue weighted by Crippen LogP contribution is 2.25. The first-order chi connectivity index (χ1) is 7.46. The van der Waals surface area contributed by atoms with Crippen LogP contribution in [0, 0.1) is 5.82 Å². The topological polar surface area (TPSA) is 26.0 Å². The predicted molar refractivity (Wildman–Crippen MR) is 65.0 cm³/mol. The van der Waals surface area contributed by atoms with Gasteiger partial charge in [0, 0.05) is 5.54 Å². The largest absolute Gasteiger partial charge is 0.325 e. The normalized spacial score (nSPS) is 16.0. The second-order valence-corrected chi connectivity index (χ2v) is 5.58. The molecule has 0 aliphatic heterocycles. The van der Waals surface area contributed by atoms with Crippen molar-refractivity contribution in [3.05, 3.63) is 34.6 Å². The van der Waals surface area contributed by atoms with Crippen LogP contribution in [0.4, 0.5) is 4.39 Å². The van der Waals surface area contributed by atoms with Crippen LogP contribution in [0.3, 0.4) is 0 Å². The van der Waals surface area contributed by atoms with E-state index in [1.54, 1.807) is 6.07 Å². The van der Waals surface area contributed by atoms with E-state index in [1.165, 1.54) is 24.0 Å². The van der Waals surface area contributed by atoms with E-state index >= 15 is 0 Å². The fraction of sp³-hybridized carbons (Fsp3) is 0.571. The van der Waals surface area contributed by atoms with Crippen molar-refractivity contribution in [2.75, 3.05) is 0 Å². The summed E-state index contributed by atoms with van der Waals surface area (Å²) < 4.78 is 13.9. The van der Waals surface area contributed by atoms with Gasteiger partial charge in [-0.3, -0.25) is 0 Å². The molecule has 0 spiro atoms. The van der Waals surface area contributed by atoms with Gasteiger partial charge < -0.3 is 5.73 Å². The maximum Gasteiger partial charge on any atom is 0.126 e. The zero-order valence-electron chi connectivity index (χ0n) is 10.1.